The second-order valence-corrected chi connectivity index (χ2v) is 8.62. The molecule has 0 aliphatic heterocycles. The Labute approximate surface area is 177 Å². The molecular weight excluding hydrogens is 421 g/mol. The van der Waals surface area contributed by atoms with Crippen molar-refractivity contribution in [1.82, 2.24) is 24.7 Å². The van der Waals surface area contributed by atoms with E-state index in [0.717, 1.165) is 39.6 Å². The molecule has 0 N–H and O–H groups in total. The number of nitrogens with zero attached hydrogens (tertiary/aromatic N) is 5. The Morgan fingerprint density at radius 1 is 0.963 bits per heavy atom. The van der Waals surface area contributed by atoms with E-state index in [4.69, 9.17) is 23.2 Å². The van der Waals surface area contributed by atoms with E-state index < -0.39 is 0 Å². The molecule has 0 radical (unpaired) electrons. The molecule has 3 rings (SSSR count). The molecule has 0 saturated heterocycles. The van der Waals surface area contributed by atoms with E-state index >= 15 is 0 Å². The summed E-state index contributed by atoms with van der Waals surface area (Å²) in [5.74, 6) is 2.29. The van der Waals surface area contributed by atoms with Crippen LogP contribution in [0.3, 0.4) is 0 Å². The summed E-state index contributed by atoms with van der Waals surface area (Å²) >= 11 is 15.4. The maximum Gasteiger partial charge on any atom is 0.191 e. The van der Waals surface area contributed by atoms with Crippen LogP contribution in [0.1, 0.15) is 29.7 Å². The molecule has 0 unspecified atom stereocenters. The first-order chi connectivity index (χ1) is 13.0. The number of thioether (sulfide) groups is 2. The van der Waals surface area contributed by atoms with Crippen molar-refractivity contribution in [1.29, 1.82) is 0 Å². The van der Waals surface area contributed by atoms with Crippen LogP contribution in [-0.4, -0.2) is 24.7 Å². The molecule has 2 heterocycles. The van der Waals surface area contributed by atoms with Crippen molar-refractivity contribution in [3.05, 3.63) is 57.1 Å². The minimum atomic E-state index is 0.637. The second kappa shape index (κ2) is 9.28. The first kappa shape index (κ1) is 20.5. The summed E-state index contributed by atoms with van der Waals surface area (Å²) in [6.45, 7) is 6.84. The number of benzene rings is 1. The van der Waals surface area contributed by atoms with Gasteiger partial charge in [-0.2, -0.15) is 0 Å². The van der Waals surface area contributed by atoms with Crippen molar-refractivity contribution in [3.63, 3.8) is 0 Å². The van der Waals surface area contributed by atoms with Crippen LogP contribution in [0.5, 0.6) is 0 Å². The van der Waals surface area contributed by atoms with E-state index in [2.05, 4.69) is 31.7 Å². The average molecular weight is 440 g/mol. The maximum atomic E-state index is 6.26. The molecular formula is C18H19Cl2N5S2. The molecule has 0 bridgehead atoms. The lowest BCUT2D eigenvalue weighted by Crippen LogP contribution is -2.03. The summed E-state index contributed by atoms with van der Waals surface area (Å²) in [4.78, 5) is 8.94. The number of aryl methyl sites for hydroxylation is 2. The van der Waals surface area contributed by atoms with Crippen LogP contribution in [-0.2, 0) is 18.1 Å². The quantitative estimate of drug-likeness (QED) is 0.352. The third-order valence-corrected chi connectivity index (χ3v) is 6.22. The lowest BCUT2D eigenvalue weighted by atomic mass is 10.2. The molecule has 2 aromatic heterocycles. The van der Waals surface area contributed by atoms with Gasteiger partial charge < -0.3 is 4.57 Å². The first-order valence-corrected chi connectivity index (χ1v) is 11.1. The highest BCUT2D eigenvalue weighted by Crippen LogP contribution is 2.29. The van der Waals surface area contributed by atoms with Crippen molar-refractivity contribution in [3.8, 4) is 0 Å². The highest BCUT2D eigenvalue weighted by atomic mass is 35.5. The number of halogens is 2. The number of rotatable bonds is 7. The minimum absolute atomic E-state index is 0.637. The third kappa shape index (κ3) is 5.38. The second-order valence-electron chi connectivity index (χ2n) is 5.89. The molecule has 0 aliphatic rings. The van der Waals surface area contributed by atoms with Crippen LogP contribution in [0, 0.1) is 13.8 Å². The van der Waals surface area contributed by atoms with Gasteiger partial charge in [-0.3, -0.25) is 0 Å². The zero-order chi connectivity index (χ0) is 19.4. The van der Waals surface area contributed by atoms with Gasteiger partial charge in [0.15, 0.2) is 10.3 Å². The zero-order valence-electron chi connectivity index (χ0n) is 15.2. The Bertz CT molecular complexity index is 925. The van der Waals surface area contributed by atoms with Crippen LogP contribution >= 0.6 is 46.7 Å². The molecule has 0 atom stereocenters. The van der Waals surface area contributed by atoms with E-state index in [9.17, 15) is 0 Å². The van der Waals surface area contributed by atoms with E-state index in [1.165, 1.54) is 0 Å². The van der Waals surface area contributed by atoms with Crippen molar-refractivity contribution in [2.75, 3.05) is 0 Å². The highest BCUT2D eigenvalue weighted by molar-refractivity contribution is 7.98. The van der Waals surface area contributed by atoms with Gasteiger partial charge in [0, 0.05) is 33.7 Å². The monoisotopic (exact) mass is 439 g/mol. The molecule has 0 spiro atoms. The summed E-state index contributed by atoms with van der Waals surface area (Å²) < 4.78 is 2.12. The van der Waals surface area contributed by atoms with Crippen LogP contribution in [0.25, 0.3) is 0 Å². The van der Waals surface area contributed by atoms with Crippen molar-refractivity contribution >= 4 is 46.7 Å². The SMILES string of the molecule is CCn1c(CSc2nc(C)cc(C)n2)nnc1SCc1ccc(Cl)cc1Cl. The summed E-state index contributed by atoms with van der Waals surface area (Å²) in [6, 6.07) is 7.52. The number of hydrogen-bond donors (Lipinski definition) is 0. The van der Waals surface area contributed by atoms with Crippen LogP contribution < -0.4 is 0 Å². The molecule has 27 heavy (non-hydrogen) atoms. The summed E-state index contributed by atoms with van der Waals surface area (Å²) in [5, 5.41) is 11.7. The van der Waals surface area contributed by atoms with Crippen LogP contribution in [0.4, 0.5) is 0 Å². The number of hydrogen-bond acceptors (Lipinski definition) is 6. The van der Waals surface area contributed by atoms with Gasteiger partial charge in [0.05, 0.1) is 5.75 Å². The van der Waals surface area contributed by atoms with E-state index in [-0.39, 0.29) is 0 Å². The van der Waals surface area contributed by atoms with Crippen molar-refractivity contribution < 1.29 is 0 Å². The van der Waals surface area contributed by atoms with Gasteiger partial charge in [-0.05, 0) is 44.5 Å². The Morgan fingerprint density at radius 2 is 1.70 bits per heavy atom. The smallest absolute Gasteiger partial charge is 0.191 e. The van der Waals surface area contributed by atoms with E-state index in [0.29, 0.717) is 21.6 Å². The fourth-order valence-corrected chi connectivity index (χ4v) is 4.99. The predicted molar refractivity (Wildman–Crippen MR) is 113 cm³/mol. The van der Waals surface area contributed by atoms with Crippen molar-refractivity contribution in [2.24, 2.45) is 0 Å². The predicted octanol–water partition coefficient (Wildman–Crippen LogP) is 5.60. The largest absolute Gasteiger partial charge is 0.306 e. The molecule has 142 valence electrons. The lowest BCUT2D eigenvalue weighted by molar-refractivity contribution is 0.659. The lowest BCUT2D eigenvalue weighted by Gasteiger charge is -2.08. The Balaban J connectivity index is 1.68. The minimum Gasteiger partial charge on any atom is -0.306 e. The van der Waals surface area contributed by atoms with Gasteiger partial charge >= 0.3 is 0 Å². The molecule has 0 aliphatic carbocycles. The molecule has 1 aromatic carbocycles. The molecule has 9 heteroatoms. The average Bonchev–Trinajstić information content (AvgIpc) is 3.00. The fraction of sp³-hybridized carbons (Fsp3) is 0.333. The standard InChI is InChI=1S/C18H19Cl2N5S2/c1-4-25-16(10-26-17-21-11(2)7-12(3)22-17)23-24-18(25)27-9-13-5-6-14(19)8-15(13)20/h5-8H,4,9-10H2,1-3H3. The molecule has 5 nitrogen and oxygen atoms in total. The van der Waals surface area contributed by atoms with Gasteiger partial charge in [0.25, 0.3) is 0 Å². The van der Waals surface area contributed by atoms with Gasteiger partial charge in [-0.25, -0.2) is 9.97 Å². The highest BCUT2D eigenvalue weighted by Gasteiger charge is 2.13. The number of aromatic nitrogens is 5. The van der Waals surface area contributed by atoms with Gasteiger partial charge in [-0.15, -0.1) is 10.2 Å². The van der Waals surface area contributed by atoms with Crippen LogP contribution in [0.15, 0.2) is 34.6 Å². The van der Waals surface area contributed by atoms with Gasteiger partial charge in [0.2, 0.25) is 0 Å². The summed E-state index contributed by atoms with van der Waals surface area (Å²) in [5.41, 5.74) is 2.97. The Morgan fingerprint density at radius 3 is 2.37 bits per heavy atom. The van der Waals surface area contributed by atoms with Gasteiger partial charge in [0.1, 0.15) is 5.82 Å². The maximum absolute atomic E-state index is 6.26. The summed E-state index contributed by atoms with van der Waals surface area (Å²) in [6.07, 6.45) is 0. The molecule has 0 fully saturated rings. The molecule has 0 saturated carbocycles. The third-order valence-electron chi connectivity index (χ3n) is 3.77. The summed E-state index contributed by atoms with van der Waals surface area (Å²) in [7, 11) is 0. The van der Waals surface area contributed by atoms with E-state index in [1.807, 2.05) is 32.0 Å². The topological polar surface area (TPSA) is 56.5 Å². The van der Waals surface area contributed by atoms with Gasteiger partial charge in [-0.1, -0.05) is 52.8 Å². The first-order valence-electron chi connectivity index (χ1n) is 8.40. The Hall–Kier alpha value is -1.28. The Kier molecular flexibility index (Phi) is 7.03. The zero-order valence-corrected chi connectivity index (χ0v) is 18.4. The van der Waals surface area contributed by atoms with Crippen molar-refractivity contribution in [2.45, 2.75) is 49.1 Å². The molecule has 3 aromatic rings. The molecule has 0 amide bonds. The van der Waals surface area contributed by atoms with E-state index in [1.54, 1.807) is 29.6 Å². The normalized spacial score (nSPS) is 11.1. The fourth-order valence-electron chi connectivity index (χ4n) is 2.52. The van der Waals surface area contributed by atoms with Crippen LogP contribution in [0.2, 0.25) is 10.0 Å².